The third-order valence-corrected chi connectivity index (χ3v) is 6.15. The van der Waals surface area contributed by atoms with Gasteiger partial charge in [0.1, 0.15) is 23.6 Å². The normalized spacial score (nSPS) is 18.1. The summed E-state index contributed by atoms with van der Waals surface area (Å²) < 4.78 is 5.82. The minimum atomic E-state index is -1.25. The van der Waals surface area contributed by atoms with Crippen LogP contribution >= 0.6 is 0 Å². The molecule has 0 aromatic heterocycles. The van der Waals surface area contributed by atoms with Crippen LogP contribution in [0.4, 0.5) is 16.2 Å². The van der Waals surface area contributed by atoms with Crippen molar-refractivity contribution in [3.8, 4) is 11.5 Å². The lowest BCUT2D eigenvalue weighted by Crippen LogP contribution is -2.42. The minimum absolute atomic E-state index is 0.0273. The second-order valence-electron chi connectivity index (χ2n) is 11.1. The molecule has 0 bridgehead atoms. The molecular weight excluding hydrogens is 466 g/mol. The van der Waals surface area contributed by atoms with E-state index in [4.69, 9.17) is 4.74 Å². The van der Waals surface area contributed by atoms with E-state index >= 15 is 0 Å². The Kier molecular flexibility index (Phi) is 7.20. The van der Waals surface area contributed by atoms with Crippen LogP contribution in [-0.4, -0.2) is 50.7 Å². The highest BCUT2D eigenvalue weighted by atomic mass is 16.6. The molecule has 1 aliphatic rings. The van der Waals surface area contributed by atoms with Crippen LogP contribution in [0.5, 0.6) is 11.5 Å². The third kappa shape index (κ3) is 5.87. The first-order chi connectivity index (χ1) is 16.6. The number of aromatic hydroxyl groups is 1. The topological polar surface area (TPSA) is 142 Å². The lowest BCUT2D eigenvalue weighted by Gasteiger charge is -2.28. The Morgan fingerprint density at radius 2 is 1.58 bits per heavy atom. The first-order valence-corrected chi connectivity index (χ1v) is 11.7. The molecule has 10 heteroatoms. The monoisotopic (exact) mass is 499 g/mol. The van der Waals surface area contributed by atoms with E-state index in [0.29, 0.717) is 22.6 Å². The molecule has 2 aromatic carbocycles. The Bertz CT molecular complexity index is 1130. The van der Waals surface area contributed by atoms with Crippen LogP contribution in [0.1, 0.15) is 59.1 Å². The van der Waals surface area contributed by atoms with E-state index < -0.39 is 39.9 Å². The molecule has 36 heavy (non-hydrogen) atoms. The Morgan fingerprint density at radius 3 is 2.03 bits per heavy atom. The number of carboxylic acid groups (broad SMARTS) is 1. The number of nitrogens with zero attached hydrogens (tertiary/aromatic N) is 2. The molecule has 0 unspecified atom stereocenters. The molecule has 3 rings (SSSR count). The van der Waals surface area contributed by atoms with E-state index in [2.05, 4.69) is 5.32 Å². The number of rotatable bonds is 5. The lowest BCUT2D eigenvalue weighted by molar-refractivity contribution is -0.384. The maximum atomic E-state index is 13.2. The van der Waals surface area contributed by atoms with E-state index in [0.717, 1.165) is 4.90 Å². The number of hydrogen-bond acceptors (Lipinski definition) is 6. The van der Waals surface area contributed by atoms with E-state index in [1.165, 1.54) is 24.3 Å². The fraction of sp³-hybridized carbons (Fsp3) is 0.462. The molecule has 1 aliphatic heterocycles. The van der Waals surface area contributed by atoms with Gasteiger partial charge >= 0.3 is 6.09 Å². The second kappa shape index (κ2) is 9.67. The Balaban J connectivity index is 1.83. The number of anilines is 1. The van der Waals surface area contributed by atoms with Crippen molar-refractivity contribution < 1.29 is 29.5 Å². The number of carbonyl (C=O) groups is 2. The number of ether oxygens (including phenoxy) is 1. The average Bonchev–Trinajstić information content (AvgIpc) is 3.18. The zero-order chi connectivity index (χ0) is 27.0. The molecule has 1 saturated heterocycles. The van der Waals surface area contributed by atoms with Gasteiger partial charge in [-0.05, 0) is 35.1 Å². The van der Waals surface area contributed by atoms with Gasteiger partial charge in [-0.15, -0.1) is 0 Å². The molecule has 0 spiro atoms. The summed E-state index contributed by atoms with van der Waals surface area (Å²) in [4.78, 5) is 36.5. The molecular formula is C26H33N3O7. The zero-order valence-electron chi connectivity index (χ0n) is 21.4. The third-order valence-electron chi connectivity index (χ3n) is 6.15. The minimum Gasteiger partial charge on any atom is -0.507 e. The quantitative estimate of drug-likeness (QED) is 0.297. The smallest absolute Gasteiger partial charge is 0.408 e. The number of non-ortho nitro benzene ring substituents is 1. The largest absolute Gasteiger partial charge is 0.507 e. The Labute approximate surface area is 210 Å². The summed E-state index contributed by atoms with van der Waals surface area (Å²) in [5, 5.41) is 34.3. The number of phenols is 1. The highest BCUT2D eigenvalue weighted by molar-refractivity contribution is 5.97. The van der Waals surface area contributed by atoms with Gasteiger partial charge in [0.15, 0.2) is 0 Å². The van der Waals surface area contributed by atoms with E-state index in [1.54, 1.807) is 12.1 Å². The molecule has 2 aromatic rings. The van der Waals surface area contributed by atoms with Gasteiger partial charge in [-0.2, -0.15) is 0 Å². The fourth-order valence-electron chi connectivity index (χ4n) is 4.26. The van der Waals surface area contributed by atoms with Crippen LogP contribution < -0.4 is 10.1 Å². The molecule has 3 N–H and O–H groups in total. The van der Waals surface area contributed by atoms with Crippen molar-refractivity contribution in [2.75, 3.05) is 11.9 Å². The number of nitro benzene ring substituents is 1. The zero-order valence-corrected chi connectivity index (χ0v) is 21.4. The van der Waals surface area contributed by atoms with Gasteiger partial charge in [-0.25, -0.2) is 4.79 Å². The molecule has 2 amide bonds. The van der Waals surface area contributed by atoms with Gasteiger partial charge < -0.3 is 20.3 Å². The van der Waals surface area contributed by atoms with Crippen LogP contribution in [0, 0.1) is 10.1 Å². The van der Waals surface area contributed by atoms with Crippen LogP contribution in [0.15, 0.2) is 36.4 Å². The lowest BCUT2D eigenvalue weighted by atomic mass is 9.79. The molecule has 10 nitrogen and oxygen atoms in total. The van der Waals surface area contributed by atoms with Crippen LogP contribution in [-0.2, 0) is 15.6 Å². The molecule has 2 atom stereocenters. The second-order valence-corrected chi connectivity index (χ2v) is 11.1. The van der Waals surface area contributed by atoms with Crippen LogP contribution in [0.2, 0.25) is 0 Å². The van der Waals surface area contributed by atoms with Gasteiger partial charge in [0.05, 0.1) is 11.5 Å². The maximum absolute atomic E-state index is 13.2. The molecule has 0 saturated carbocycles. The Hall–Kier alpha value is -3.82. The molecule has 1 fully saturated rings. The highest BCUT2D eigenvalue weighted by Gasteiger charge is 2.41. The molecule has 0 radical (unpaired) electrons. The predicted octanol–water partition coefficient (Wildman–Crippen LogP) is 5.03. The van der Waals surface area contributed by atoms with Crippen LogP contribution in [0.25, 0.3) is 0 Å². The SMILES string of the molecule is CC(C)(C)c1cc(NC(=O)[C@H]2C[C@H](Oc3ccc([N+](=O)[O-])cc3)CN2C(=O)O)cc(C(C)(C)C)c1O. The standard InChI is InChI=1S/C26H33N3O7/c1-25(2,3)19-11-15(12-20(22(19)30)26(4,5)6)27-23(31)21-13-18(14-28(21)24(32)33)36-17-9-7-16(8-10-17)29(34)35/h7-12,18,21,30H,13-14H2,1-6H3,(H,27,31)(H,32,33)/t18-,21+/m0/s1. The summed E-state index contributed by atoms with van der Waals surface area (Å²) in [6.07, 6.45) is -1.74. The van der Waals surface area contributed by atoms with Gasteiger partial charge in [0.25, 0.3) is 5.69 Å². The van der Waals surface area contributed by atoms with E-state index in [9.17, 15) is 29.9 Å². The first-order valence-electron chi connectivity index (χ1n) is 11.7. The highest BCUT2D eigenvalue weighted by Crippen LogP contribution is 2.41. The number of phenolic OH excluding ortho intramolecular Hbond substituents is 1. The fourth-order valence-corrected chi connectivity index (χ4v) is 4.26. The number of benzene rings is 2. The summed E-state index contributed by atoms with van der Waals surface area (Å²) in [7, 11) is 0. The van der Waals surface area contributed by atoms with Gasteiger partial charge in [0, 0.05) is 35.4 Å². The first kappa shape index (κ1) is 26.8. The summed E-state index contributed by atoms with van der Waals surface area (Å²) >= 11 is 0. The number of hydrogen-bond donors (Lipinski definition) is 3. The van der Waals surface area contributed by atoms with Crippen molar-refractivity contribution in [1.82, 2.24) is 4.90 Å². The summed E-state index contributed by atoms with van der Waals surface area (Å²) in [6, 6.07) is 7.92. The van der Waals surface area contributed by atoms with Crippen LogP contribution in [0.3, 0.4) is 0 Å². The number of likely N-dealkylation sites (tertiary alicyclic amines) is 1. The number of nitrogens with one attached hydrogen (secondary N) is 1. The van der Waals surface area contributed by atoms with E-state index in [1.807, 2.05) is 41.5 Å². The van der Waals surface area contributed by atoms with Crippen molar-refractivity contribution >= 4 is 23.4 Å². The van der Waals surface area contributed by atoms with Gasteiger partial charge in [-0.3, -0.25) is 19.8 Å². The summed E-state index contributed by atoms with van der Waals surface area (Å²) in [5.74, 6) is 0.0235. The average molecular weight is 500 g/mol. The molecule has 1 heterocycles. The maximum Gasteiger partial charge on any atom is 0.408 e. The van der Waals surface area contributed by atoms with Gasteiger partial charge in [0.2, 0.25) is 5.91 Å². The van der Waals surface area contributed by atoms with Crippen molar-refractivity contribution in [2.24, 2.45) is 0 Å². The summed E-state index contributed by atoms with van der Waals surface area (Å²) in [5.41, 5.74) is 0.940. The Morgan fingerprint density at radius 1 is 1.06 bits per heavy atom. The summed E-state index contributed by atoms with van der Waals surface area (Å²) in [6.45, 7) is 11.7. The van der Waals surface area contributed by atoms with Crippen molar-refractivity contribution in [3.05, 3.63) is 57.6 Å². The van der Waals surface area contributed by atoms with Crippen molar-refractivity contribution in [2.45, 2.75) is 70.9 Å². The van der Waals surface area contributed by atoms with Crippen molar-refractivity contribution in [1.29, 1.82) is 0 Å². The van der Waals surface area contributed by atoms with E-state index in [-0.39, 0.29) is 24.4 Å². The predicted molar refractivity (Wildman–Crippen MR) is 135 cm³/mol. The van der Waals surface area contributed by atoms with Crippen molar-refractivity contribution in [3.63, 3.8) is 0 Å². The number of amides is 2. The van der Waals surface area contributed by atoms with Gasteiger partial charge in [-0.1, -0.05) is 41.5 Å². The molecule has 194 valence electrons. The number of carbonyl (C=O) groups excluding carboxylic acids is 1. The molecule has 0 aliphatic carbocycles. The number of nitro groups is 1.